The highest BCUT2D eigenvalue weighted by Gasteiger charge is 2.40. The molecule has 2 N–H and O–H groups in total. The largest absolute Gasteiger partial charge is 0.494 e. The number of morpholine rings is 1. The Morgan fingerprint density at radius 2 is 2.23 bits per heavy atom. The van der Waals surface area contributed by atoms with E-state index in [0.29, 0.717) is 25.7 Å². The van der Waals surface area contributed by atoms with E-state index in [1.54, 1.807) is 0 Å². The summed E-state index contributed by atoms with van der Waals surface area (Å²) in [6, 6.07) is 7.99. The van der Waals surface area contributed by atoms with Gasteiger partial charge in [-0.25, -0.2) is 0 Å². The average molecular weight is 358 g/mol. The average Bonchev–Trinajstić information content (AvgIpc) is 3.07. The Hall–Kier alpha value is -1.89. The fourth-order valence-corrected chi connectivity index (χ4v) is 4.29. The number of rotatable bonds is 5. The molecule has 6 nitrogen and oxygen atoms in total. The Balaban J connectivity index is 1.59. The smallest absolute Gasteiger partial charge is 0.252 e. The van der Waals surface area contributed by atoms with E-state index < -0.39 is 0 Å². The molecule has 2 heterocycles. The van der Waals surface area contributed by atoms with Gasteiger partial charge in [0, 0.05) is 42.2 Å². The van der Waals surface area contributed by atoms with Crippen LogP contribution in [0.1, 0.15) is 25.3 Å². The molecule has 1 aromatic carbocycles. The third kappa shape index (κ3) is 3.37. The highest BCUT2D eigenvalue weighted by atomic mass is 16.5. The number of benzene rings is 1. The summed E-state index contributed by atoms with van der Waals surface area (Å²) in [7, 11) is 0. The molecule has 1 saturated carbocycles. The van der Waals surface area contributed by atoms with Crippen LogP contribution in [0.15, 0.2) is 29.1 Å². The lowest BCUT2D eigenvalue weighted by Crippen LogP contribution is -2.48. The second kappa shape index (κ2) is 7.39. The topological polar surface area (TPSA) is 74.8 Å². The van der Waals surface area contributed by atoms with Crippen molar-refractivity contribution < 1.29 is 14.6 Å². The number of aromatic nitrogens is 1. The van der Waals surface area contributed by atoms with E-state index in [1.165, 1.54) is 0 Å². The molecule has 0 spiro atoms. The first kappa shape index (κ1) is 17.5. The molecule has 2 fully saturated rings. The number of hydrogen-bond donors (Lipinski definition) is 2. The van der Waals surface area contributed by atoms with Crippen molar-refractivity contribution in [2.45, 2.75) is 38.5 Å². The third-order valence-electron chi connectivity index (χ3n) is 5.58. The predicted octanol–water partition coefficient (Wildman–Crippen LogP) is 1.90. The van der Waals surface area contributed by atoms with Crippen LogP contribution in [0.3, 0.4) is 0 Å². The van der Waals surface area contributed by atoms with Crippen LogP contribution in [0.25, 0.3) is 10.9 Å². The van der Waals surface area contributed by atoms with Crippen molar-refractivity contribution in [3.8, 4) is 5.75 Å². The van der Waals surface area contributed by atoms with Gasteiger partial charge in [-0.15, -0.1) is 0 Å². The number of pyridine rings is 1. The third-order valence-corrected chi connectivity index (χ3v) is 5.58. The summed E-state index contributed by atoms with van der Waals surface area (Å²) in [6.45, 7) is 4.88. The van der Waals surface area contributed by atoms with Gasteiger partial charge in [-0.2, -0.15) is 0 Å². The number of aromatic amines is 1. The van der Waals surface area contributed by atoms with Crippen LogP contribution < -0.4 is 10.3 Å². The van der Waals surface area contributed by atoms with Crippen molar-refractivity contribution in [1.29, 1.82) is 0 Å². The lowest BCUT2D eigenvalue weighted by atomic mass is 10.1. The molecular weight excluding hydrogens is 332 g/mol. The maximum atomic E-state index is 12.5. The molecule has 2 aromatic rings. The molecule has 0 bridgehead atoms. The van der Waals surface area contributed by atoms with Gasteiger partial charge in [0.25, 0.3) is 5.56 Å². The highest BCUT2D eigenvalue weighted by Crippen LogP contribution is 2.34. The van der Waals surface area contributed by atoms with Crippen molar-refractivity contribution in [2.24, 2.45) is 5.92 Å². The lowest BCUT2D eigenvalue weighted by molar-refractivity contribution is -0.0591. The zero-order valence-electron chi connectivity index (χ0n) is 15.1. The monoisotopic (exact) mass is 358 g/mol. The van der Waals surface area contributed by atoms with Crippen LogP contribution in [0.4, 0.5) is 0 Å². The quantitative estimate of drug-likeness (QED) is 0.854. The molecule has 0 radical (unpaired) electrons. The molecule has 140 valence electrons. The number of aliphatic hydroxyl groups is 1. The number of hydrogen-bond acceptors (Lipinski definition) is 5. The molecule has 6 heteroatoms. The predicted molar refractivity (Wildman–Crippen MR) is 99.5 cm³/mol. The van der Waals surface area contributed by atoms with E-state index in [0.717, 1.165) is 41.6 Å². The van der Waals surface area contributed by atoms with Gasteiger partial charge in [0.1, 0.15) is 5.75 Å². The van der Waals surface area contributed by atoms with Crippen LogP contribution in [-0.4, -0.2) is 53.5 Å². The van der Waals surface area contributed by atoms with E-state index >= 15 is 0 Å². The summed E-state index contributed by atoms with van der Waals surface area (Å²) in [5.74, 6) is 1.11. The number of aliphatic hydroxyl groups excluding tert-OH is 1. The van der Waals surface area contributed by atoms with Crippen molar-refractivity contribution in [2.75, 3.05) is 26.4 Å². The summed E-state index contributed by atoms with van der Waals surface area (Å²) >= 11 is 0. The van der Waals surface area contributed by atoms with Crippen LogP contribution in [0, 0.1) is 5.92 Å². The number of H-pyrrole nitrogens is 1. The maximum Gasteiger partial charge on any atom is 0.252 e. The minimum absolute atomic E-state index is 0.0404. The normalized spacial score (nSPS) is 26.2. The van der Waals surface area contributed by atoms with Crippen molar-refractivity contribution in [3.63, 3.8) is 0 Å². The Kier molecular flexibility index (Phi) is 4.98. The van der Waals surface area contributed by atoms with Crippen LogP contribution in [0.2, 0.25) is 0 Å². The Labute approximate surface area is 152 Å². The Morgan fingerprint density at radius 3 is 3.04 bits per heavy atom. The molecule has 2 aliphatic rings. The SMILES string of the molecule is CCOc1ccc2[nH]c(=O)c(CN3CCOC4C[C@H](CO)C[C@@H]43)cc2c1. The van der Waals surface area contributed by atoms with Crippen molar-refractivity contribution >= 4 is 10.9 Å². The number of nitrogens with one attached hydrogen (secondary N) is 1. The van der Waals surface area contributed by atoms with Gasteiger partial charge in [-0.05, 0) is 49.9 Å². The fourth-order valence-electron chi connectivity index (χ4n) is 4.29. The van der Waals surface area contributed by atoms with Gasteiger partial charge in [-0.1, -0.05) is 0 Å². The standard InChI is InChI=1S/C20H26N2O4/c1-2-25-16-3-4-17-14(10-16)9-15(20(24)21-17)11-22-5-6-26-19-8-13(12-23)7-18(19)22/h3-4,9-10,13,18-19,23H,2,5-8,11-12H2,1H3,(H,21,24)/t13-,18+,19?/m1/s1. The zero-order valence-corrected chi connectivity index (χ0v) is 15.1. The van der Waals surface area contributed by atoms with Gasteiger partial charge < -0.3 is 19.6 Å². The first-order valence-corrected chi connectivity index (χ1v) is 9.43. The van der Waals surface area contributed by atoms with Crippen LogP contribution in [0.5, 0.6) is 5.75 Å². The molecule has 1 aliphatic carbocycles. The Morgan fingerprint density at radius 1 is 1.35 bits per heavy atom. The molecule has 26 heavy (non-hydrogen) atoms. The molecule has 1 aromatic heterocycles. The molecule has 0 amide bonds. The highest BCUT2D eigenvalue weighted by molar-refractivity contribution is 5.80. The van der Waals surface area contributed by atoms with Gasteiger partial charge in [0.2, 0.25) is 0 Å². The summed E-state index contributed by atoms with van der Waals surface area (Å²) < 4.78 is 11.5. The molecule has 3 atom stereocenters. The number of nitrogens with zero attached hydrogens (tertiary/aromatic N) is 1. The van der Waals surface area contributed by atoms with Gasteiger partial charge >= 0.3 is 0 Å². The van der Waals surface area contributed by atoms with Gasteiger partial charge in [0.15, 0.2) is 0 Å². The minimum atomic E-state index is -0.0404. The van der Waals surface area contributed by atoms with E-state index in [-0.39, 0.29) is 24.3 Å². The van der Waals surface area contributed by atoms with E-state index in [2.05, 4.69) is 9.88 Å². The van der Waals surface area contributed by atoms with Crippen molar-refractivity contribution in [3.05, 3.63) is 40.2 Å². The van der Waals surface area contributed by atoms with Gasteiger partial charge in [0.05, 0.1) is 19.3 Å². The summed E-state index contributed by atoms with van der Waals surface area (Å²) in [6.07, 6.45) is 2.01. The second-order valence-electron chi connectivity index (χ2n) is 7.27. The number of fused-ring (bicyclic) bond motifs is 2. The first-order chi connectivity index (χ1) is 12.7. The van der Waals surface area contributed by atoms with Crippen molar-refractivity contribution in [1.82, 2.24) is 9.88 Å². The molecule has 4 rings (SSSR count). The fraction of sp³-hybridized carbons (Fsp3) is 0.550. The lowest BCUT2D eigenvalue weighted by Gasteiger charge is -2.37. The van der Waals surface area contributed by atoms with Crippen LogP contribution >= 0.6 is 0 Å². The van der Waals surface area contributed by atoms with Crippen LogP contribution in [-0.2, 0) is 11.3 Å². The summed E-state index contributed by atoms with van der Waals surface area (Å²) in [5.41, 5.74) is 1.55. The zero-order chi connectivity index (χ0) is 18.1. The molecule has 1 saturated heterocycles. The molecular formula is C20H26N2O4. The van der Waals surface area contributed by atoms with E-state index in [4.69, 9.17) is 9.47 Å². The maximum absolute atomic E-state index is 12.5. The first-order valence-electron chi connectivity index (χ1n) is 9.43. The molecule has 1 unspecified atom stereocenters. The van der Waals surface area contributed by atoms with Gasteiger partial charge in [-0.3, -0.25) is 9.69 Å². The minimum Gasteiger partial charge on any atom is -0.494 e. The summed E-state index contributed by atoms with van der Waals surface area (Å²) in [4.78, 5) is 17.9. The number of ether oxygens (including phenoxy) is 2. The van der Waals surface area contributed by atoms with E-state index in [9.17, 15) is 9.90 Å². The van der Waals surface area contributed by atoms with E-state index in [1.807, 2.05) is 31.2 Å². The summed E-state index contributed by atoms with van der Waals surface area (Å²) in [5, 5.41) is 10.5. The Bertz CT molecular complexity index is 834. The molecule has 1 aliphatic heterocycles. The second-order valence-corrected chi connectivity index (χ2v) is 7.27.